The zero-order valence-electron chi connectivity index (χ0n) is 18.0. The average Bonchev–Trinajstić information content (AvgIpc) is 3.02. The van der Waals surface area contributed by atoms with E-state index in [1.165, 1.54) is 11.8 Å². The van der Waals surface area contributed by atoms with Crippen LogP contribution in [0.2, 0.25) is 0 Å². The van der Waals surface area contributed by atoms with Crippen molar-refractivity contribution in [2.45, 2.75) is 79.6 Å². The summed E-state index contributed by atoms with van der Waals surface area (Å²) in [4.78, 5) is 13.2. The van der Waals surface area contributed by atoms with Crippen molar-refractivity contribution in [3.8, 4) is 0 Å². The van der Waals surface area contributed by atoms with E-state index in [0.717, 1.165) is 19.3 Å². The van der Waals surface area contributed by atoms with Crippen LogP contribution in [0.5, 0.6) is 0 Å². The monoisotopic (exact) mass is 478 g/mol. The van der Waals surface area contributed by atoms with E-state index in [1.807, 2.05) is 6.08 Å². The number of rotatable bonds is 7. The molecule has 3 heterocycles. The van der Waals surface area contributed by atoms with Gasteiger partial charge in [0.15, 0.2) is 0 Å². The fourth-order valence-electron chi connectivity index (χ4n) is 4.92. The SMILES string of the molecule is C=CC[C@@H]1CCO[C@@H]2[C@H](CN[C@@H]2C(=O)N[C@@H]([C@H]2OC(SC)[C@H](O)C(O)[C@@H]2O)[C@H](C)Cl)C1. The van der Waals surface area contributed by atoms with Gasteiger partial charge in [0.2, 0.25) is 5.91 Å². The van der Waals surface area contributed by atoms with Gasteiger partial charge in [0.1, 0.15) is 35.9 Å². The predicted molar refractivity (Wildman–Crippen MR) is 120 cm³/mol. The third kappa shape index (κ3) is 5.58. The topological polar surface area (TPSA) is 120 Å². The lowest BCUT2D eigenvalue weighted by atomic mass is 9.88. The van der Waals surface area contributed by atoms with E-state index in [9.17, 15) is 20.1 Å². The largest absolute Gasteiger partial charge is 0.388 e. The van der Waals surface area contributed by atoms with Gasteiger partial charge in [-0.2, -0.15) is 0 Å². The number of hydrogen-bond donors (Lipinski definition) is 5. The van der Waals surface area contributed by atoms with Crippen LogP contribution in [0.1, 0.15) is 26.2 Å². The van der Waals surface area contributed by atoms with Gasteiger partial charge in [-0.25, -0.2) is 0 Å². The first kappa shape index (κ1) is 25.2. The Bertz CT molecular complexity index is 627. The number of alkyl halides is 1. The van der Waals surface area contributed by atoms with Crippen LogP contribution in [0.4, 0.5) is 0 Å². The lowest BCUT2D eigenvalue weighted by Gasteiger charge is -2.44. The Morgan fingerprint density at radius 1 is 1.35 bits per heavy atom. The molecule has 3 aliphatic heterocycles. The maximum atomic E-state index is 13.2. The summed E-state index contributed by atoms with van der Waals surface area (Å²) < 4.78 is 11.9. The van der Waals surface area contributed by atoms with Crippen LogP contribution >= 0.6 is 23.4 Å². The van der Waals surface area contributed by atoms with Gasteiger partial charge in [-0.1, -0.05) is 6.08 Å². The van der Waals surface area contributed by atoms with Crippen LogP contribution in [-0.2, 0) is 14.3 Å². The molecular formula is C21H35ClN2O6S. The minimum Gasteiger partial charge on any atom is -0.388 e. The minimum atomic E-state index is -1.40. The number of ether oxygens (including phenoxy) is 2. The third-order valence-corrected chi connectivity index (χ3v) is 7.77. The van der Waals surface area contributed by atoms with Gasteiger partial charge in [-0.05, 0) is 44.3 Å². The number of halogens is 1. The van der Waals surface area contributed by atoms with Crippen LogP contribution in [0, 0.1) is 11.8 Å². The highest BCUT2D eigenvalue weighted by Gasteiger charge is 2.49. The van der Waals surface area contributed by atoms with E-state index in [1.54, 1.807) is 13.2 Å². The second kappa shape index (κ2) is 11.2. The molecule has 0 aromatic heterocycles. The molecule has 0 bridgehead atoms. The molecule has 3 aliphatic rings. The standard InChI is InChI=1S/C21H35ClN2O6S/c1-4-5-11-6-7-29-18-12(8-11)9-23-14(18)20(28)24-13(10(2)22)19-16(26)15(25)17(27)21(30-19)31-3/h4,10-19,21,23,25-27H,1,5-9H2,2-3H3,(H,24,28)/t10-,11+,12-,13+,14-,15?,16-,17+,18+,19+,21?/m0/s1. The lowest BCUT2D eigenvalue weighted by Crippen LogP contribution is -2.65. The molecule has 1 amide bonds. The smallest absolute Gasteiger partial charge is 0.240 e. The van der Waals surface area contributed by atoms with Gasteiger partial charge in [-0.3, -0.25) is 4.79 Å². The van der Waals surface area contributed by atoms with Crippen LogP contribution in [-0.4, -0.2) is 94.1 Å². The predicted octanol–water partition coefficient (Wildman–Crippen LogP) is 0.228. The summed E-state index contributed by atoms with van der Waals surface area (Å²) in [7, 11) is 0. The highest BCUT2D eigenvalue weighted by Crippen LogP contribution is 2.33. The van der Waals surface area contributed by atoms with Crippen molar-refractivity contribution < 1.29 is 29.6 Å². The number of carbonyl (C=O) groups excluding carboxylic acids is 1. The quantitative estimate of drug-likeness (QED) is 0.260. The van der Waals surface area contributed by atoms with Crippen LogP contribution < -0.4 is 10.6 Å². The van der Waals surface area contributed by atoms with Gasteiger partial charge < -0.3 is 35.4 Å². The Labute approximate surface area is 193 Å². The normalized spacial score (nSPS) is 42.8. The zero-order chi connectivity index (χ0) is 22.7. The second-order valence-corrected chi connectivity index (χ2v) is 10.4. The molecule has 0 aromatic carbocycles. The fourth-order valence-corrected chi connectivity index (χ4v) is 5.80. The first-order valence-corrected chi connectivity index (χ1v) is 12.6. The van der Waals surface area contributed by atoms with Crippen LogP contribution in [0.25, 0.3) is 0 Å². The summed E-state index contributed by atoms with van der Waals surface area (Å²) in [5, 5.41) is 36.5. The Morgan fingerprint density at radius 3 is 2.74 bits per heavy atom. The molecule has 0 saturated carbocycles. The van der Waals surface area contributed by atoms with E-state index in [0.29, 0.717) is 19.1 Å². The second-order valence-electron chi connectivity index (χ2n) is 8.78. The van der Waals surface area contributed by atoms with Gasteiger partial charge in [0, 0.05) is 13.2 Å². The molecule has 3 saturated heterocycles. The first-order valence-electron chi connectivity index (χ1n) is 10.9. The van der Waals surface area contributed by atoms with Gasteiger partial charge in [-0.15, -0.1) is 29.9 Å². The summed E-state index contributed by atoms with van der Waals surface area (Å²) in [5.74, 6) is 0.475. The summed E-state index contributed by atoms with van der Waals surface area (Å²) in [6.07, 6.45) is 1.34. The number of amides is 1. The number of allylic oxidation sites excluding steroid dienone is 1. The molecule has 178 valence electrons. The molecule has 31 heavy (non-hydrogen) atoms. The molecule has 3 rings (SSSR count). The molecule has 8 nitrogen and oxygen atoms in total. The zero-order valence-corrected chi connectivity index (χ0v) is 19.6. The average molecular weight is 479 g/mol. The third-order valence-electron chi connectivity index (χ3n) is 6.64. The Morgan fingerprint density at radius 2 is 2.10 bits per heavy atom. The number of aliphatic hydroxyl groups excluding tert-OH is 3. The molecule has 3 fully saturated rings. The Kier molecular flexibility index (Phi) is 9.08. The van der Waals surface area contributed by atoms with Crippen molar-refractivity contribution in [1.82, 2.24) is 10.6 Å². The maximum absolute atomic E-state index is 13.2. The van der Waals surface area contributed by atoms with Gasteiger partial charge in [0.25, 0.3) is 0 Å². The molecule has 11 atom stereocenters. The number of carbonyl (C=O) groups is 1. The van der Waals surface area contributed by atoms with E-state index in [4.69, 9.17) is 21.1 Å². The maximum Gasteiger partial charge on any atom is 0.240 e. The molecule has 10 heteroatoms. The summed E-state index contributed by atoms with van der Waals surface area (Å²) in [6.45, 7) is 6.83. The highest BCUT2D eigenvalue weighted by atomic mass is 35.5. The number of aliphatic hydroxyl groups is 3. The summed E-state index contributed by atoms with van der Waals surface area (Å²) in [5.41, 5.74) is -0.737. The molecular weight excluding hydrogens is 444 g/mol. The van der Waals surface area contributed by atoms with Crippen molar-refractivity contribution in [2.75, 3.05) is 19.4 Å². The first-order chi connectivity index (χ1) is 14.8. The highest BCUT2D eigenvalue weighted by molar-refractivity contribution is 7.99. The molecule has 0 radical (unpaired) electrons. The van der Waals surface area contributed by atoms with E-state index >= 15 is 0 Å². The van der Waals surface area contributed by atoms with E-state index in [2.05, 4.69) is 17.2 Å². The van der Waals surface area contributed by atoms with Crippen molar-refractivity contribution in [1.29, 1.82) is 0 Å². The van der Waals surface area contributed by atoms with Crippen molar-refractivity contribution in [2.24, 2.45) is 11.8 Å². The van der Waals surface area contributed by atoms with Crippen molar-refractivity contribution >= 4 is 29.3 Å². The number of nitrogens with one attached hydrogen (secondary N) is 2. The Hall–Kier alpha value is -0.390. The summed E-state index contributed by atoms with van der Waals surface area (Å²) in [6, 6.07) is -1.29. The number of hydrogen-bond acceptors (Lipinski definition) is 8. The molecule has 0 aromatic rings. The van der Waals surface area contributed by atoms with Crippen molar-refractivity contribution in [3.05, 3.63) is 12.7 Å². The fraction of sp³-hybridized carbons (Fsp3) is 0.857. The molecule has 0 aliphatic carbocycles. The van der Waals surface area contributed by atoms with Crippen LogP contribution in [0.3, 0.4) is 0 Å². The van der Waals surface area contributed by atoms with Gasteiger partial charge in [0.05, 0.1) is 17.5 Å². The van der Waals surface area contributed by atoms with Gasteiger partial charge >= 0.3 is 0 Å². The summed E-state index contributed by atoms with van der Waals surface area (Å²) >= 11 is 7.59. The molecule has 2 unspecified atom stereocenters. The lowest BCUT2D eigenvalue weighted by molar-refractivity contribution is -0.205. The Balaban J connectivity index is 1.69. The van der Waals surface area contributed by atoms with E-state index < -0.39 is 47.3 Å². The van der Waals surface area contributed by atoms with E-state index in [-0.39, 0.29) is 17.9 Å². The van der Waals surface area contributed by atoms with Crippen LogP contribution in [0.15, 0.2) is 12.7 Å². The molecule has 0 spiro atoms. The number of fused-ring (bicyclic) bond motifs is 1. The molecule has 5 N–H and O–H groups in total. The minimum absolute atomic E-state index is 0.232. The number of thioether (sulfide) groups is 1. The van der Waals surface area contributed by atoms with Crippen molar-refractivity contribution in [3.63, 3.8) is 0 Å².